The van der Waals surface area contributed by atoms with Crippen LogP contribution in [0.25, 0.3) is 0 Å². The fraction of sp³-hybridized carbons (Fsp3) is 0.769. The summed E-state index contributed by atoms with van der Waals surface area (Å²) >= 11 is 0. The van der Waals surface area contributed by atoms with E-state index in [0.717, 1.165) is 0 Å². The molecule has 26 heavy (non-hydrogen) atoms. The van der Waals surface area contributed by atoms with Gasteiger partial charge in [0.25, 0.3) is 0 Å². The van der Waals surface area contributed by atoms with Crippen LogP contribution in [0.5, 0.6) is 0 Å². The number of hydrogen-bond acceptors (Lipinski definition) is 1. The number of halogens is 12. The Labute approximate surface area is 139 Å². The minimum Gasteiger partial charge on any atom is -0.294 e. The fourth-order valence-corrected chi connectivity index (χ4v) is 1.54. The Kier molecular flexibility index (Phi) is 6.26. The largest absolute Gasteiger partial charge is 0.384 e. The van der Waals surface area contributed by atoms with E-state index < -0.39 is 59.7 Å². The van der Waals surface area contributed by atoms with E-state index in [-0.39, 0.29) is 6.92 Å². The topological polar surface area (TPSA) is 17.1 Å². The molecule has 0 N–H and O–H groups in total. The van der Waals surface area contributed by atoms with Gasteiger partial charge in [-0.3, -0.25) is 4.79 Å². The number of hydrogen-bond donors (Lipinski definition) is 0. The molecule has 0 aliphatic heterocycles. The highest BCUT2D eigenvalue weighted by Crippen LogP contribution is 2.60. The molecular weight excluding hydrogens is 400 g/mol. The first-order valence-corrected chi connectivity index (χ1v) is 6.59. The Morgan fingerprint density at radius 2 is 1.00 bits per heavy atom. The maximum atomic E-state index is 13.4. The van der Waals surface area contributed by atoms with Crippen LogP contribution in [-0.4, -0.2) is 41.3 Å². The van der Waals surface area contributed by atoms with Crippen molar-refractivity contribution in [1.29, 1.82) is 0 Å². The molecule has 0 aromatic rings. The van der Waals surface area contributed by atoms with Gasteiger partial charge in [0.1, 0.15) is 0 Å². The number of allylic oxidation sites excluding steroid dienone is 1. The molecular formula is C13H12F12O. The Morgan fingerprint density at radius 1 is 0.692 bits per heavy atom. The van der Waals surface area contributed by atoms with Crippen LogP contribution in [0.2, 0.25) is 0 Å². The number of ketones is 1. The van der Waals surface area contributed by atoms with Crippen molar-refractivity contribution < 1.29 is 57.5 Å². The van der Waals surface area contributed by atoms with E-state index in [1.54, 1.807) is 0 Å². The summed E-state index contributed by atoms with van der Waals surface area (Å²) in [5.74, 6) is -43.7. The van der Waals surface area contributed by atoms with Crippen molar-refractivity contribution in [2.45, 2.75) is 62.2 Å². The van der Waals surface area contributed by atoms with Crippen molar-refractivity contribution in [3.63, 3.8) is 0 Å². The van der Waals surface area contributed by atoms with Gasteiger partial charge in [0.05, 0.1) is 6.42 Å². The van der Waals surface area contributed by atoms with Gasteiger partial charge in [0, 0.05) is 6.42 Å². The van der Waals surface area contributed by atoms with E-state index in [4.69, 9.17) is 0 Å². The van der Waals surface area contributed by atoms with Gasteiger partial charge in [0.15, 0.2) is 5.78 Å². The van der Waals surface area contributed by atoms with Gasteiger partial charge in [-0.1, -0.05) is 13.5 Å². The number of Topliss-reactive ketones (excluding diaryl/α,β-unsaturated/α-hetero) is 1. The first kappa shape index (κ1) is 24.6. The van der Waals surface area contributed by atoms with Crippen molar-refractivity contribution in [3.8, 4) is 0 Å². The zero-order valence-electron chi connectivity index (χ0n) is 13.1. The summed E-state index contributed by atoms with van der Waals surface area (Å²) in [4.78, 5) is 11.0. The number of carbonyl (C=O) groups excluding carboxylic acids is 1. The second-order valence-electron chi connectivity index (χ2n) is 5.44. The summed E-state index contributed by atoms with van der Waals surface area (Å²) in [6.45, 7) is 3.58. The lowest BCUT2D eigenvalue weighted by molar-refractivity contribution is -0.424. The molecule has 0 radical (unpaired) electrons. The van der Waals surface area contributed by atoms with E-state index in [9.17, 15) is 57.5 Å². The molecule has 0 aliphatic rings. The third-order valence-corrected chi connectivity index (χ3v) is 3.40. The van der Waals surface area contributed by atoms with Crippen molar-refractivity contribution >= 4 is 5.78 Å². The van der Waals surface area contributed by atoms with Crippen molar-refractivity contribution in [1.82, 2.24) is 0 Å². The monoisotopic (exact) mass is 412 g/mol. The predicted octanol–water partition coefficient (Wildman–Crippen LogP) is 5.74. The third kappa shape index (κ3) is 3.40. The normalized spacial score (nSPS) is 15.2. The number of carbonyl (C=O) groups is 1. The van der Waals surface area contributed by atoms with Gasteiger partial charge in [-0.25, -0.2) is 0 Å². The zero-order valence-corrected chi connectivity index (χ0v) is 13.1. The molecule has 0 aromatic heterocycles. The Hall–Kier alpha value is -1.43. The van der Waals surface area contributed by atoms with E-state index in [0.29, 0.717) is 6.92 Å². The van der Waals surface area contributed by atoms with Gasteiger partial charge in [-0.05, 0) is 12.5 Å². The van der Waals surface area contributed by atoms with Gasteiger partial charge in [-0.2, -0.15) is 52.7 Å². The summed E-state index contributed by atoms with van der Waals surface area (Å²) < 4.78 is 159. The van der Waals surface area contributed by atoms with Gasteiger partial charge in [0.2, 0.25) is 0 Å². The maximum absolute atomic E-state index is 13.4. The highest BCUT2D eigenvalue weighted by atomic mass is 19.4. The van der Waals surface area contributed by atoms with Crippen molar-refractivity contribution in [2.75, 3.05) is 0 Å². The molecule has 0 bridgehead atoms. The molecule has 0 atom stereocenters. The number of rotatable bonds is 9. The summed E-state index contributed by atoms with van der Waals surface area (Å²) in [5.41, 5.74) is -0.849. The van der Waals surface area contributed by atoms with Gasteiger partial charge < -0.3 is 0 Å². The lowest BCUT2D eigenvalue weighted by Gasteiger charge is -2.41. The SMILES string of the molecule is C=C(C)C(=O)CC(F)(F)C(F)(F)C(F)(F)C(F)(F)C(F)(F)C(F)(F)CC. The summed E-state index contributed by atoms with van der Waals surface area (Å²) in [6.07, 6.45) is -4.96. The minimum atomic E-state index is -7.64. The Morgan fingerprint density at radius 3 is 1.27 bits per heavy atom. The molecule has 0 heterocycles. The first-order chi connectivity index (χ1) is 11.1. The van der Waals surface area contributed by atoms with Crippen LogP contribution in [0.1, 0.15) is 26.7 Å². The molecule has 13 heteroatoms. The quantitative estimate of drug-likeness (QED) is 0.349. The molecule has 0 saturated heterocycles. The molecule has 154 valence electrons. The fourth-order valence-electron chi connectivity index (χ4n) is 1.54. The predicted molar refractivity (Wildman–Crippen MR) is 64.4 cm³/mol. The molecule has 0 spiro atoms. The van der Waals surface area contributed by atoms with Crippen LogP contribution >= 0.6 is 0 Å². The Balaban J connectivity index is 6.26. The summed E-state index contributed by atoms with van der Waals surface area (Å²) in [6, 6.07) is 0. The van der Waals surface area contributed by atoms with Gasteiger partial charge >= 0.3 is 35.5 Å². The molecule has 0 fully saturated rings. The van der Waals surface area contributed by atoms with E-state index in [2.05, 4.69) is 6.58 Å². The van der Waals surface area contributed by atoms with Crippen LogP contribution in [0, 0.1) is 0 Å². The standard InChI is InChI=1S/C13H12F12O/c1-4-8(14,15)10(18,19)12(22,23)13(24,25)11(20,21)9(16,17)5-7(26)6(2)3/h2,4-5H2,1,3H3. The summed E-state index contributed by atoms with van der Waals surface area (Å²) in [7, 11) is 0. The van der Waals surface area contributed by atoms with Crippen LogP contribution in [0.15, 0.2) is 12.2 Å². The second-order valence-corrected chi connectivity index (χ2v) is 5.44. The van der Waals surface area contributed by atoms with Crippen LogP contribution in [0.3, 0.4) is 0 Å². The smallest absolute Gasteiger partial charge is 0.294 e. The lowest BCUT2D eigenvalue weighted by atomic mass is 9.88. The molecule has 0 unspecified atom stereocenters. The lowest BCUT2D eigenvalue weighted by Crippen LogP contribution is -2.70. The van der Waals surface area contributed by atoms with Crippen LogP contribution in [-0.2, 0) is 4.79 Å². The zero-order chi connectivity index (χ0) is 21.6. The average Bonchev–Trinajstić information content (AvgIpc) is 2.45. The molecule has 0 aliphatic carbocycles. The maximum Gasteiger partial charge on any atom is 0.384 e. The van der Waals surface area contributed by atoms with E-state index in [1.165, 1.54) is 0 Å². The second kappa shape index (κ2) is 6.63. The van der Waals surface area contributed by atoms with Crippen molar-refractivity contribution in [2.24, 2.45) is 0 Å². The van der Waals surface area contributed by atoms with Crippen molar-refractivity contribution in [3.05, 3.63) is 12.2 Å². The molecule has 1 nitrogen and oxygen atoms in total. The highest BCUT2D eigenvalue weighted by molar-refractivity contribution is 5.94. The van der Waals surface area contributed by atoms with E-state index in [1.807, 2.05) is 0 Å². The molecule has 0 amide bonds. The minimum absolute atomic E-state index is 0.153. The Bertz CT molecular complexity index is 563. The number of alkyl halides is 12. The highest BCUT2D eigenvalue weighted by Gasteiger charge is 2.89. The van der Waals surface area contributed by atoms with Crippen LogP contribution < -0.4 is 0 Å². The van der Waals surface area contributed by atoms with Gasteiger partial charge in [-0.15, -0.1) is 0 Å². The molecule has 0 aromatic carbocycles. The molecule has 0 saturated carbocycles. The first-order valence-electron chi connectivity index (χ1n) is 6.59. The molecule has 0 rings (SSSR count). The van der Waals surface area contributed by atoms with E-state index >= 15 is 0 Å². The van der Waals surface area contributed by atoms with Crippen LogP contribution in [0.4, 0.5) is 52.7 Å². The summed E-state index contributed by atoms with van der Waals surface area (Å²) in [5, 5.41) is 0. The third-order valence-electron chi connectivity index (χ3n) is 3.40. The average molecular weight is 412 g/mol.